The Morgan fingerprint density at radius 1 is 1.40 bits per heavy atom. The van der Waals surface area contributed by atoms with Crippen LogP contribution in [0.15, 0.2) is 22.9 Å². The lowest BCUT2D eigenvalue weighted by Gasteiger charge is -2.39. The van der Waals surface area contributed by atoms with Crippen LogP contribution in [0.3, 0.4) is 0 Å². The average molecular weight is 270 g/mol. The van der Waals surface area contributed by atoms with Gasteiger partial charge in [-0.25, -0.2) is 0 Å². The van der Waals surface area contributed by atoms with E-state index in [1.165, 1.54) is 5.69 Å². The zero-order valence-corrected chi connectivity index (χ0v) is 10.7. The van der Waals surface area contributed by atoms with Gasteiger partial charge in [0, 0.05) is 36.3 Å². The molecule has 2 heterocycles. The van der Waals surface area contributed by atoms with Crippen LogP contribution in [0.4, 0.5) is 5.69 Å². The molecule has 0 N–H and O–H groups in total. The molecule has 2 rings (SSSR count). The number of hydrogen-bond donors (Lipinski definition) is 0. The molecule has 0 aliphatic carbocycles. The first-order valence-corrected chi connectivity index (χ1v) is 6.02. The van der Waals surface area contributed by atoms with E-state index in [1.807, 2.05) is 12.4 Å². The smallest absolute Gasteiger partial charge is 0.0567 e. The van der Waals surface area contributed by atoms with E-state index >= 15 is 0 Å². The molecule has 1 atom stereocenters. The Kier molecular flexibility index (Phi) is 3.26. The van der Waals surface area contributed by atoms with Crippen LogP contribution in [0.1, 0.15) is 6.92 Å². The van der Waals surface area contributed by atoms with Crippen LogP contribution in [0.25, 0.3) is 0 Å². The highest BCUT2D eigenvalue weighted by molar-refractivity contribution is 9.10. The molecule has 82 valence electrons. The highest BCUT2D eigenvalue weighted by Crippen LogP contribution is 2.22. The predicted octanol–water partition coefficient (Wildman–Crippen LogP) is 1.98. The molecule has 1 unspecified atom stereocenters. The number of piperazine rings is 1. The second-order valence-electron chi connectivity index (χ2n) is 4.17. The number of hydrogen-bond acceptors (Lipinski definition) is 3. The van der Waals surface area contributed by atoms with Gasteiger partial charge < -0.3 is 9.80 Å². The Balaban J connectivity index is 2.17. The maximum Gasteiger partial charge on any atom is 0.0567 e. The van der Waals surface area contributed by atoms with E-state index in [2.05, 4.69) is 50.8 Å². The molecule has 1 saturated heterocycles. The first-order chi connectivity index (χ1) is 7.16. The van der Waals surface area contributed by atoms with Crippen LogP contribution in [0.5, 0.6) is 0 Å². The third kappa shape index (κ3) is 2.49. The first-order valence-electron chi connectivity index (χ1n) is 5.22. The van der Waals surface area contributed by atoms with Crippen molar-refractivity contribution in [3.8, 4) is 0 Å². The van der Waals surface area contributed by atoms with Gasteiger partial charge in [0.15, 0.2) is 0 Å². The van der Waals surface area contributed by atoms with E-state index in [1.54, 1.807) is 0 Å². The minimum absolute atomic E-state index is 0.555. The summed E-state index contributed by atoms with van der Waals surface area (Å²) < 4.78 is 1.05. The van der Waals surface area contributed by atoms with E-state index < -0.39 is 0 Å². The van der Waals surface area contributed by atoms with Crippen LogP contribution < -0.4 is 4.90 Å². The Morgan fingerprint density at radius 2 is 2.20 bits per heavy atom. The molecule has 15 heavy (non-hydrogen) atoms. The molecular weight excluding hydrogens is 254 g/mol. The zero-order chi connectivity index (χ0) is 10.8. The van der Waals surface area contributed by atoms with Crippen molar-refractivity contribution in [1.82, 2.24) is 9.88 Å². The van der Waals surface area contributed by atoms with E-state index in [-0.39, 0.29) is 0 Å². The molecule has 1 fully saturated rings. The Hall–Kier alpha value is -0.610. The van der Waals surface area contributed by atoms with Crippen molar-refractivity contribution in [2.75, 3.05) is 31.6 Å². The normalized spacial score (nSPS) is 23.1. The lowest BCUT2D eigenvalue weighted by molar-refractivity contribution is 0.275. The standard InChI is InChI=1S/C11H16BrN3/c1-9-8-14(2)3-4-15(9)11-5-10(12)6-13-7-11/h5-7,9H,3-4,8H2,1-2H3. The number of aromatic nitrogens is 1. The Labute approximate surface area is 99.2 Å². The Morgan fingerprint density at radius 3 is 2.87 bits per heavy atom. The van der Waals surface area contributed by atoms with Gasteiger partial charge in [-0.05, 0) is 36.0 Å². The Bertz CT molecular complexity index is 342. The fourth-order valence-electron chi connectivity index (χ4n) is 2.08. The van der Waals surface area contributed by atoms with Gasteiger partial charge in [0.05, 0.1) is 11.9 Å². The van der Waals surface area contributed by atoms with Crippen LogP contribution in [-0.4, -0.2) is 42.6 Å². The summed E-state index contributed by atoms with van der Waals surface area (Å²) in [6, 6.07) is 2.69. The molecule has 1 aliphatic rings. The average Bonchev–Trinajstić information content (AvgIpc) is 2.17. The number of halogens is 1. The number of likely N-dealkylation sites (N-methyl/N-ethyl adjacent to an activating group) is 1. The maximum absolute atomic E-state index is 4.21. The topological polar surface area (TPSA) is 19.4 Å². The van der Waals surface area contributed by atoms with Gasteiger partial charge in [0.25, 0.3) is 0 Å². The van der Waals surface area contributed by atoms with E-state index in [9.17, 15) is 0 Å². The van der Waals surface area contributed by atoms with Crippen LogP contribution >= 0.6 is 15.9 Å². The summed E-state index contributed by atoms with van der Waals surface area (Å²) >= 11 is 3.46. The molecule has 0 aromatic carbocycles. The van der Waals surface area contributed by atoms with Gasteiger partial charge in [0.2, 0.25) is 0 Å². The van der Waals surface area contributed by atoms with Crippen LogP contribution in [-0.2, 0) is 0 Å². The van der Waals surface area contributed by atoms with Crippen molar-refractivity contribution in [3.05, 3.63) is 22.9 Å². The minimum Gasteiger partial charge on any atom is -0.365 e. The number of nitrogens with zero attached hydrogens (tertiary/aromatic N) is 3. The first kappa shape index (κ1) is 10.9. The molecule has 4 heteroatoms. The summed E-state index contributed by atoms with van der Waals surface area (Å²) in [6.07, 6.45) is 3.76. The molecule has 0 bridgehead atoms. The molecule has 1 aromatic heterocycles. The molecule has 0 amide bonds. The molecule has 1 aromatic rings. The number of anilines is 1. The van der Waals surface area contributed by atoms with Gasteiger partial charge >= 0.3 is 0 Å². The van der Waals surface area contributed by atoms with Crippen LogP contribution in [0, 0.1) is 0 Å². The monoisotopic (exact) mass is 269 g/mol. The summed E-state index contributed by atoms with van der Waals surface area (Å²) in [7, 11) is 2.17. The third-order valence-corrected chi connectivity index (χ3v) is 3.29. The molecule has 0 spiro atoms. The largest absolute Gasteiger partial charge is 0.365 e. The van der Waals surface area contributed by atoms with Gasteiger partial charge in [-0.15, -0.1) is 0 Å². The fraction of sp³-hybridized carbons (Fsp3) is 0.545. The second-order valence-corrected chi connectivity index (χ2v) is 5.08. The summed E-state index contributed by atoms with van der Waals surface area (Å²) in [6.45, 7) is 5.58. The van der Waals surface area contributed by atoms with Gasteiger partial charge in [-0.3, -0.25) is 4.98 Å². The minimum atomic E-state index is 0.555. The summed E-state index contributed by atoms with van der Waals surface area (Å²) in [5.41, 5.74) is 1.21. The van der Waals surface area contributed by atoms with E-state index in [0.29, 0.717) is 6.04 Å². The zero-order valence-electron chi connectivity index (χ0n) is 9.15. The van der Waals surface area contributed by atoms with Crippen molar-refractivity contribution in [3.63, 3.8) is 0 Å². The van der Waals surface area contributed by atoms with Crippen LogP contribution in [0.2, 0.25) is 0 Å². The van der Waals surface area contributed by atoms with Crippen molar-refractivity contribution < 1.29 is 0 Å². The maximum atomic E-state index is 4.21. The van der Waals surface area contributed by atoms with Crippen molar-refractivity contribution in [2.24, 2.45) is 0 Å². The summed E-state index contributed by atoms with van der Waals surface area (Å²) in [5, 5.41) is 0. The molecule has 0 saturated carbocycles. The lowest BCUT2D eigenvalue weighted by Crippen LogP contribution is -2.50. The quantitative estimate of drug-likeness (QED) is 0.778. The van der Waals surface area contributed by atoms with Crippen molar-refractivity contribution in [2.45, 2.75) is 13.0 Å². The highest BCUT2D eigenvalue weighted by atomic mass is 79.9. The number of rotatable bonds is 1. The van der Waals surface area contributed by atoms with Gasteiger partial charge in [-0.1, -0.05) is 0 Å². The highest BCUT2D eigenvalue weighted by Gasteiger charge is 2.21. The SMILES string of the molecule is CC1CN(C)CCN1c1cncc(Br)c1. The van der Waals surface area contributed by atoms with Gasteiger partial charge in [-0.2, -0.15) is 0 Å². The van der Waals surface area contributed by atoms with Crippen molar-refractivity contribution >= 4 is 21.6 Å². The van der Waals surface area contributed by atoms with E-state index in [4.69, 9.17) is 0 Å². The molecule has 1 aliphatic heterocycles. The molecule has 3 nitrogen and oxygen atoms in total. The third-order valence-electron chi connectivity index (χ3n) is 2.85. The summed E-state index contributed by atoms with van der Waals surface area (Å²) in [4.78, 5) is 8.99. The number of pyridine rings is 1. The summed E-state index contributed by atoms with van der Waals surface area (Å²) in [5.74, 6) is 0. The molecular formula is C11H16BrN3. The van der Waals surface area contributed by atoms with Crippen molar-refractivity contribution in [1.29, 1.82) is 0 Å². The fourth-order valence-corrected chi connectivity index (χ4v) is 2.43. The van der Waals surface area contributed by atoms with E-state index in [0.717, 1.165) is 24.1 Å². The lowest BCUT2D eigenvalue weighted by atomic mass is 10.2. The van der Waals surface area contributed by atoms with Gasteiger partial charge in [0.1, 0.15) is 0 Å². The predicted molar refractivity (Wildman–Crippen MR) is 66.2 cm³/mol. The molecule has 0 radical (unpaired) electrons. The second kappa shape index (κ2) is 4.49.